The van der Waals surface area contributed by atoms with Crippen molar-refractivity contribution in [1.29, 1.82) is 0 Å². The predicted octanol–water partition coefficient (Wildman–Crippen LogP) is 4.82. The Morgan fingerprint density at radius 1 is 1.23 bits per heavy atom. The van der Waals surface area contributed by atoms with Crippen molar-refractivity contribution in [3.8, 4) is 0 Å². The van der Waals surface area contributed by atoms with Crippen molar-refractivity contribution >= 4 is 19.8 Å². The van der Waals surface area contributed by atoms with E-state index < -0.39 is 8.07 Å². The fraction of sp³-hybridized carbons (Fsp3) is 0.727. The van der Waals surface area contributed by atoms with Gasteiger partial charge < -0.3 is 10.8 Å². The number of aryl methyl sites for hydroxylation is 1. The zero-order valence-electron chi connectivity index (χ0n) is 16.9. The van der Waals surface area contributed by atoms with Crippen molar-refractivity contribution in [2.45, 2.75) is 75.7 Å². The van der Waals surface area contributed by atoms with E-state index in [0.29, 0.717) is 5.92 Å². The minimum atomic E-state index is -0.880. The fourth-order valence-corrected chi connectivity index (χ4v) is 8.27. The lowest BCUT2D eigenvalue weighted by molar-refractivity contribution is 0.198. The van der Waals surface area contributed by atoms with E-state index in [1.807, 2.05) is 0 Å². The Balaban J connectivity index is 1.53. The molecule has 2 aliphatic rings. The number of rotatable bonds is 7. The second-order valence-electron chi connectivity index (χ2n) is 9.98. The van der Waals surface area contributed by atoms with Gasteiger partial charge in [-0.1, -0.05) is 37.8 Å². The highest BCUT2D eigenvalue weighted by molar-refractivity contribution is 7.99. The van der Waals surface area contributed by atoms with Crippen molar-refractivity contribution < 1.29 is 5.11 Å². The first-order chi connectivity index (χ1) is 12.3. The van der Waals surface area contributed by atoms with Gasteiger partial charge in [0.25, 0.3) is 0 Å². The fourth-order valence-electron chi connectivity index (χ4n) is 4.46. The second kappa shape index (κ2) is 8.38. The van der Waals surface area contributed by atoms with Crippen molar-refractivity contribution in [2.24, 2.45) is 11.7 Å². The third kappa shape index (κ3) is 5.37. The average molecular weight is 392 g/mol. The molecular formula is C22H37NOSSi. The van der Waals surface area contributed by atoms with Crippen LogP contribution in [-0.4, -0.2) is 36.8 Å². The van der Waals surface area contributed by atoms with Crippen molar-refractivity contribution in [2.75, 3.05) is 18.1 Å². The smallest absolute Gasteiger partial charge is 0.0611 e. The molecule has 0 radical (unpaired) electrons. The Hall–Kier alpha value is -0.293. The molecule has 0 aromatic heterocycles. The quantitative estimate of drug-likeness (QED) is 0.517. The van der Waals surface area contributed by atoms with E-state index in [1.54, 1.807) is 11.1 Å². The number of nitrogens with two attached hydrogens (primary N) is 1. The highest BCUT2D eigenvalue weighted by Gasteiger charge is 2.36. The number of aliphatic hydroxyl groups is 1. The van der Waals surface area contributed by atoms with E-state index in [-0.39, 0.29) is 12.1 Å². The van der Waals surface area contributed by atoms with Gasteiger partial charge in [-0.05, 0) is 84.6 Å². The van der Waals surface area contributed by atoms with Crippen LogP contribution in [0.2, 0.25) is 25.7 Å². The second-order valence-corrected chi connectivity index (χ2v) is 16.8. The van der Waals surface area contributed by atoms with E-state index in [0.717, 1.165) is 25.2 Å². The molecule has 2 nitrogen and oxygen atoms in total. The first-order valence-electron chi connectivity index (χ1n) is 10.4. The maximum absolute atomic E-state index is 9.52. The van der Waals surface area contributed by atoms with E-state index in [1.165, 1.54) is 42.4 Å². The van der Waals surface area contributed by atoms with Crippen LogP contribution < -0.4 is 5.73 Å². The summed E-state index contributed by atoms with van der Waals surface area (Å²) in [6.45, 7) is 7.54. The van der Waals surface area contributed by atoms with Crippen molar-refractivity contribution in [3.05, 3.63) is 34.9 Å². The Labute approximate surface area is 165 Å². The topological polar surface area (TPSA) is 46.2 Å². The van der Waals surface area contributed by atoms with E-state index in [4.69, 9.17) is 5.73 Å². The first kappa shape index (κ1) is 20.4. The molecule has 0 amide bonds. The molecule has 0 saturated heterocycles. The summed E-state index contributed by atoms with van der Waals surface area (Å²) < 4.78 is 0. The molecule has 146 valence electrons. The van der Waals surface area contributed by atoms with E-state index >= 15 is 0 Å². The summed E-state index contributed by atoms with van der Waals surface area (Å²) in [5.41, 5.74) is 10.5. The van der Waals surface area contributed by atoms with Gasteiger partial charge in [0.1, 0.15) is 0 Å². The molecule has 3 N–H and O–H groups in total. The molecule has 3 atom stereocenters. The number of aliphatic hydroxyl groups excluding tert-OH is 1. The van der Waals surface area contributed by atoms with Crippen LogP contribution in [0, 0.1) is 5.92 Å². The van der Waals surface area contributed by atoms with Gasteiger partial charge in [-0.2, -0.15) is 11.8 Å². The van der Waals surface area contributed by atoms with Crippen molar-refractivity contribution in [3.63, 3.8) is 0 Å². The van der Waals surface area contributed by atoms with E-state index in [9.17, 15) is 5.11 Å². The third-order valence-electron chi connectivity index (χ3n) is 6.34. The maximum Gasteiger partial charge on any atom is 0.0611 e. The predicted molar refractivity (Wildman–Crippen MR) is 118 cm³/mol. The number of hydrogen-bond donors (Lipinski definition) is 2. The van der Waals surface area contributed by atoms with Gasteiger partial charge in [-0.3, -0.25) is 0 Å². The summed E-state index contributed by atoms with van der Waals surface area (Å²) in [5, 5.41) is 9.52. The lowest BCUT2D eigenvalue weighted by Gasteiger charge is -2.26. The minimum Gasteiger partial charge on any atom is -0.394 e. The summed E-state index contributed by atoms with van der Waals surface area (Å²) in [7, 11) is -0.880. The van der Waals surface area contributed by atoms with Crippen LogP contribution in [-0.2, 0) is 12.8 Å². The normalized spacial score (nSPS) is 29.0. The minimum absolute atomic E-state index is 0.117. The lowest BCUT2D eigenvalue weighted by atomic mass is 9.82. The van der Waals surface area contributed by atoms with Crippen LogP contribution in [0.15, 0.2) is 18.2 Å². The first-order valence-corrected chi connectivity index (χ1v) is 15.2. The Kier molecular flexibility index (Phi) is 6.59. The molecule has 4 heteroatoms. The zero-order chi connectivity index (χ0) is 18.8. The molecule has 0 spiro atoms. The monoisotopic (exact) mass is 391 g/mol. The van der Waals surface area contributed by atoms with Gasteiger partial charge in [0.15, 0.2) is 0 Å². The molecule has 1 aromatic rings. The summed E-state index contributed by atoms with van der Waals surface area (Å²) >= 11 is 2.18. The summed E-state index contributed by atoms with van der Waals surface area (Å²) in [6.07, 6.45) is 6.84. The largest absolute Gasteiger partial charge is 0.394 e. The maximum atomic E-state index is 9.52. The zero-order valence-corrected chi connectivity index (χ0v) is 18.7. The van der Waals surface area contributed by atoms with Crippen LogP contribution in [0.4, 0.5) is 0 Å². The Morgan fingerprint density at radius 3 is 2.73 bits per heavy atom. The van der Waals surface area contributed by atoms with Crippen LogP contribution >= 0.6 is 11.8 Å². The summed E-state index contributed by atoms with van der Waals surface area (Å²) in [5.74, 6) is 4.08. The van der Waals surface area contributed by atoms with Crippen LogP contribution in [0.1, 0.15) is 48.3 Å². The van der Waals surface area contributed by atoms with Crippen molar-refractivity contribution in [1.82, 2.24) is 0 Å². The number of fused-ring (bicyclic) bond motifs is 1. The van der Waals surface area contributed by atoms with Gasteiger partial charge in [0.05, 0.1) is 6.61 Å². The Bertz CT molecular complexity index is 615. The van der Waals surface area contributed by atoms with Gasteiger partial charge in [0.2, 0.25) is 0 Å². The molecule has 0 bridgehead atoms. The summed E-state index contributed by atoms with van der Waals surface area (Å²) in [6, 6.07) is 8.63. The number of hydrogen-bond acceptors (Lipinski definition) is 3. The van der Waals surface area contributed by atoms with Crippen LogP contribution in [0.25, 0.3) is 0 Å². The van der Waals surface area contributed by atoms with Gasteiger partial charge in [-0.15, -0.1) is 0 Å². The van der Waals surface area contributed by atoms with Gasteiger partial charge in [-0.25, -0.2) is 0 Å². The molecule has 2 aliphatic carbocycles. The molecule has 0 aliphatic heterocycles. The van der Waals surface area contributed by atoms with Crippen LogP contribution in [0.5, 0.6) is 0 Å². The molecule has 1 fully saturated rings. The van der Waals surface area contributed by atoms with E-state index in [2.05, 4.69) is 49.6 Å². The highest BCUT2D eigenvalue weighted by Crippen LogP contribution is 2.40. The van der Waals surface area contributed by atoms with Crippen LogP contribution in [0.3, 0.4) is 0 Å². The molecule has 3 rings (SSSR count). The molecule has 1 aromatic carbocycles. The van der Waals surface area contributed by atoms with Gasteiger partial charge in [0, 0.05) is 13.6 Å². The molecule has 26 heavy (non-hydrogen) atoms. The third-order valence-corrected chi connectivity index (χ3v) is 9.65. The number of benzene rings is 1. The molecule has 1 unspecified atom stereocenters. The van der Waals surface area contributed by atoms with Gasteiger partial charge >= 0.3 is 0 Å². The molecule has 1 saturated carbocycles. The lowest BCUT2D eigenvalue weighted by Crippen LogP contribution is -2.40. The Morgan fingerprint density at radius 2 is 2.04 bits per heavy atom. The molecule has 0 heterocycles. The average Bonchev–Trinajstić information content (AvgIpc) is 3.00. The highest BCUT2D eigenvalue weighted by atomic mass is 32.2. The molecular weight excluding hydrogens is 354 g/mol. The standard InChI is InChI=1S/C22H37NOSSi/c1-26(2,3)11-10-25-15-17-4-5-19-13-20(7-6-18(19)12-17)21-8-9-22(23,14-21)16-24/h6-7,13,17,21,24H,4-5,8-12,14-16,23H2,1-3H3/t17?,21-,22+/m0/s1. The number of thioether (sulfide) groups is 1. The SMILES string of the molecule is C[Si](C)(C)CCSCC1CCc2cc([C@H]3CC[C@](N)(CO)C3)ccc2C1. The summed E-state index contributed by atoms with van der Waals surface area (Å²) in [4.78, 5) is 0.